The molecule has 0 aliphatic carbocycles. The molecule has 1 rings (SSSR count). The summed E-state index contributed by atoms with van der Waals surface area (Å²) in [6, 6.07) is 0. The molecule has 1 aliphatic rings. The number of allylic oxidation sites excluding steroid dienone is 2. The Hall–Kier alpha value is -1.45. The van der Waals surface area contributed by atoms with Gasteiger partial charge in [-0.05, 0) is 18.1 Å². The number of hydrogen-bond donors (Lipinski definition) is 2. The molecule has 0 aromatic carbocycles. The Morgan fingerprint density at radius 2 is 2.55 bits per heavy atom. The molecule has 0 atom stereocenters. The lowest BCUT2D eigenvalue weighted by atomic mass is 10.1. The maximum atomic E-state index is 10.7. The fourth-order valence-electron chi connectivity index (χ4n) is 0.861. The molecule has 0 saturated carbocycles. The Morgan fingerprint density at radius 1 is 1.82 bits per heavy atom. The van der Waals surface area contributed by atoms with Crippen LogP contribution in [-0.4, -0.2) is 5.91 Å². The SMILES string of the molecule is CCC1=C(C(N)=O)NOC=C1. The third kappa shape index (κ3) is 1.52. The summed E-state index contributed by atoms with van der Waals surface area (Å²) in [5.41, 5.74) is 8.70. The Kier molecular flexibility index (Phi) is 2.15. The molecule has 0 radical (unpaired) electrons. The van der Waals surface area contributed by atoms with Crippen LogP contribution >= 0.6 is 0 Å². The molecule has 0 aromatic heterocycles. The summed E-state index contributed by atoms with van der Waals surface area (Å²) in [6.45, 7) is 1.94. The molecule has 0 fully saturated rings. The molecule has 60 valence electrons. The smallest absolute Gasteiger partial charge is 0.268 e. The van der Waals surface area contributed by atoms with Gasteiger partial charge in [0.05, 0.1) is 0 Å². The van der Waals surface area contributed by atoms with E-state index in [4.69, 9.17) is 5.73 Å². The van der Waals surface area contributed by atoms with Crippen LogP contribution in [-0.2, 0) is 9.63 Å². The number of hydrogen-bond acceptors (Lipinski definition) is 3. The third-order valence-electron chi connectivity index (χ3n) is 1.45. The number of carbonyl (C=O) groups excluding carboxylic acids is 1. The number of carbonyl (C=O) groups is 1. The first-order chi connectivity index (χ1) is 5.25. The summed E-state index contributed by atoms with van der Waals surface area (Å²) in [6.07, 6.45) is 3.95. The second kappa shape index (κ2) is 3.09. The van der Waals surface area contributed by atoms with E-state index < -0.39 is 5.91 Å². The van der Waals surface area contributed by atoms with Crippen LogP contribution < -0.4 is 11.2 Å². The van der Waals surface area contributed by atoms with E-state index in [0.717, 1.165) is 12.0 Å². The van der Waals surface area contributed by atoms with Crippen molar-refractivity contribution in [1.82, 2.24) is 5.48 Å². The molecule has 3 N–H and O–H groups in total. The zero-order chi connectivity index (χ0) is 8.27. The van der Waals surface area contributed by atoms with E-state index in [9.17, 15) is 4.79 Å². The minimum Gasteiger partial charge on any atom is -0.390 e. The van der Waals surface area contributed by atoms with Crippen LogP contribution in [0.1, 0.15) is 13.3 Å². The standard InChI is InChI=1S/C7H10N2O2/c1-2-5-3-4-11-9-6(5)7(8)10/h3-4,9H,2H2,1H3,(H2,8,10). The lowest BCUT2D eigenvalue weighted by molar-refractivity contribution is -0.116. The summed E-state index contributed by atoms with van der Waals surface area (Å²) in [5, 5.41) is 0. The highest BCUT2D eigenvalue weighted by molar-refractivity contribution is 5.92. The zero-order valence-electron chi connectivity index (χ0n) is 6.26. The van der Waals surface area contributed by atoms with Crippen molar-refractivity contribution in [2.24, 2.45) is 5.73 Å². The Labute approximate surface area is 64.7 Å². The fourth-order valence-corrected chi connectivity index (χ4v) is 0.861. The van der Waals surface area contributed by atoms with Crippen LogP contribution in [0.3, 0.4) is 0 Å². The minimum absolute atomic E-state index is 0.343. The number of amides is 1. The molecule has 0 spiro atoms. The highest BCUT2D eigenvalue weighted by Gasteiger charge is 2.11. The average molecular weight is 154 g/mol. The average Bonchev–Trinajstić information content (AvgIpc) is 2.04. The summed E-state index contributed by atoms with van der Waals surface area (Å²) < 4.78 is 0. The van der Waals surface area contributed by atoms with Gasteiger partial charge in [0.1, 0.15) is 12.0 Å². The van der Waals surface area contributed by atoms with Crippen molar-refractivity contribution < 1.29 is 9.63 Å². The van der Waals surface area contributed by atoms with Gasteiger partial charge in [-0.1, -0.05) is 6.92 Å². The van der Waals surface area contributed by atoms with Crippen LogP contribution in [0.25, 0.3) is 0 Å². The van der Waals surface area contributed by atoms with Crippen molar-refractivity contribution in [1.29, 1.82) is 0 Å². The van der Waals surface area contributed by atoms with E-state index in [1.807, 2.05) is 6.92 Å². The van der Waals surface area contributed by atoms with Crippen LogP contribution in [0.15, 0.2) is 23.6 Å². The highest BCUT2D eigenvalue weighted by atomic mass is 16.6. The summed E-state index contributed by atoms with van der Waals surface area (Å²) in [5.74, 6) is -0.494. The van der Waals surface area contributed by atoms with Crippen molar-refractivity contribution in [3.63, 3.8) is 0 Å². The monoisotopic (exact) mass is 154 g/mol. The van der Waals surface area contributed by atoms with Gasteiger partial charge in [-0.2, -0.15) is 0 Å². The zero-order valence-corrected chi connectivity index (χ0v) is 6.26. The normalized spacial score (nSPS) is 15.7. The van der Waals surface area contributed by atoms with Crippen LogP contribution in [0, 0.1) is 0 Å². The van der Waals surface area contributed by atoms with Crippen molar-refractivity contribution in [2.75, 3.05) is 0 Å². The van der Waals surface area contributed by atoms with Crippen LogP contribution in [0.2, 0.25) is 0 Å². The molecule has 0 saturated heterocycles. The van der Waals surface area contributed by atoms with Gasteiger partial charge in [0.15, 0.2) is 0 Å². The second-order valence-corrected chi connectivity index (χ2v) is 2.14. The molecular formula is C7H10N2O2. The topological polar surface area (TPSA) is 64.4 Å². The number of rotatable bonds is 2. The van der Waals surface area contributed by atoms with E-state index in [2.05, 4.69) is 10.3 Å². The molecule has 1 heterocycles. The molecule has 1 amide bonds. The van der Waals surface area contributed by atoms with Gasteiger partial charge < -0.3 is 10.6 Å². The van der Waals surface area contributed by atoms with Gasteiger partial charge in [-0.25, -0.2) is 5.48 Å². The summed E-state index contributed by atoms with van der Waals surface area (Å²) in [7, 11) is 0. The molecule has 1 aliphatic heterocycles. The quantitative estimate of drug-likeness (QED) is 0.596. The molecule has 0 aromatic rings. The molecule has 0 unspecified atom stereocenters. The van der Waals surface area contributed by atoms with E-state index in [-0.39, 0.29) is 0 Å². The van der Waals surface area contributed by atoms with Gasteiger partial charge in [0.25, 0.3) is 5.91 Å². The highest BCUT2D eigenvalue weighted by Crippen LogP contribution is 2.11. The van der Waals surface area contributed by atoms with E-state index in [1.54, 1.807) is 6.08 Å². The van der Waals surface area contributed by atoms with Crippen molar-refractivity contribution in [3.8, 4) is 0 Å². The molecular weight excluding hydrogens is 144 g/mol. The first-order valence-electron chi connectivity index (χ1n) is 3.37. The van der Waals surface area contributed by atoms with Gasteiger partial charge >= 0.3 is 0 Å². The lowest BCUT2D eigenvalue weighted by Gasteiger charge is -2.13. The first-order valence-corrected chi connectivity index (χ1v) is 3.37. The molecule has 0 bridgehead atoms. The van der Waals surface area contributed by atoms with Gasteiger partial charge in [-0.15, -0.1) is 0 Å². The third-order valence-corrected chi connectivity index (χ3v) is 1.45. The van der Waals surface area contributed by atoms with E-state index in [1.165, 1.54) is 6.26 Å². The molecule has 11 heavy (non-hydrogen) atoms. The second-order valence-electron chi connectivity index (χ2n) is 2.14. The number of hydroxylamine groups is 1. The van der Waals surface area contributed by atoms with Crippen LogP contribution in [0.5, 0.6) is 0 Å². The first kappa shape index (κ1) is 7.65. The fraction of sp³-hybridized carbons (Fsp3) is 0.286. The van der Waals surface area contributed by atoms with Gasteiger partial charge in [0, 0.05) is 0 Å². The minimum atomic E-state index is -0.494. The Bertz CT molecular complexity index is 231. The maximum Gasteiger partial charge on any atom is 0.268 e. The maximum absolute atomic E-state index is 10.7. The lowest BCUT2D eigenvalue weighted by Crippen LogP contribution is -2.28. The van der Waals surface area contributed by atoms with Gasteiger partial charge in [0.2, 0.25) is 0 Å². The number of nitrogens with one attached hydrogen (secondary N) is 1. The summed E-state index contributed by atoms with van der Waals surface area (Å²) >= 11 is 0. The number of nitrogens with two attached hydrogens (primary N) is 1. The Morgan fingerprint density at radius 3 is 3.00 bits per heavy atom. The predicted octanol–water partition coefficient (Wildman–Crippen LogP) is 0.184. The van der Waals surface area contributed by atoms with E-state index >= 15 is 0 Å². The van der Waals surface area contributed by atoms with Crippen molar-refractivity contribution >= 4 is 5.91 Å². The molecule has 4 nitrogen and oxygen atoms in total. The molecule has 4 heteroatoms. The van der Waals surface area contributed by atoms with Crippen molar-refractivity contribution in [3.05, 3.63) is 23.6 Å². The Balaban J connectivity index is 2.91. The summed E-state index contributed by atoms with van der Waals surface area (Å²) in [4.78, 5) is 15.4. The van der Waals surface area contributed by atoms with Crippen LogP contribution in [0.4, 0.5) is 0 Å². The predicted molar refractivity (Wildman–Crippen MR) is 39.9 cm³/mol. The number of primary amides is 1. The van der Waals surface area contributed by atoms with E-state index in [0.29, 0.717) is 5.70 Å². The van der Waals surface area contributed by atoms with Gasteiger partial charge in [-0.3, -0.25) is 4.79 Å². The van der Waals surface area contributed by atoms with Crippen molar-refractivity contribution in [2.45, 2.75) is 13.3 Å². The largest absolute Gasteiger partial charge is 0.390 e.